The van der Waals surface area contributed by atoms with Crippen LogP contribution in [0.5, 0.6) is 5.75 Å². The molecule has 0 heterocycles. The van der Waals surface area contributed by atoms with Crippen molar-refractivity contribution in [2.45, 2.75) is 69.5 Å². The second-order valence-corrected chi connectivity index (χ2v) is 12.3. The summed E-state index contributed by atoms with van der Waals surface area (Å²) in [5.74, 6) is -1.02. The van der Waals surface area contributed by atoms with Gasteiger partial charge in [-0.25, -0.2) is 12.8 Å². The van der Waals surface area contributed by atoms with E-state index in [1.54, 1.807) is 68.4 Å². The molecule has 1 atom stereocenters. The van der Waals surface area contributed by atoms with Gasteiger partial charge in [0.15, 0.2) is 0 Å². The molecule has 224 valence electrons. The second-order valence-electron chi connectivity index (χ2n) is 10.4. The molecule has 3 aromatic rings. The molecular weight excluding hydrogens is 557 g/mol. The van der Waals surface area contributed by atoms with Gasteiger partial charge in [0.25, 0.3) is 10.0 Å². The zero-order valence-corrected chi connectivity index (χ0v) is 24.9. The number of sulfonamides is 1. The maximum absolute atomic E-state index is 14.1. The minimum absolute atomic E-state index is 0.00923. The van der Waals surface area contributed by atoms with Crippen molar-refractivity contribution in [1.29, 1.82) is 0 Å². The van der Waals surface area contributed by atoms with Crippen LogP contribution in [-0.4, -0.2) is 50.4 Å². The van der Waals surface area contributed by atoms with Crippen molar-refractivity contribution in [1.82, 2.24) is 10.2 Å². The molecule has 1 N–H and O–H groups in total. The van der Waals surface area contributed by atoms with Gasteiger partial charge in [0.1, 0.15) is 24.2 Å². The van der Waals surface area contributed by atoms with Gasteiger partial charge in [-0.1, -0.05) is 61.7 Å². The highest BCUT2D eigenvalue weighted by Crippen LogP contribution is 2.33. The largest absolute Gasteiger partial charge is 0.492 e. The summed E-state index contributed by atoms with van der Waals surface area (Å²) in [6.07, 6.45) is 4.95. The summed E-state index contributed by atoms with van der Waals surface area (Å²) in [5.41, 5.74) is 0.812. The summed E-state index contributed by atoms with van der Waals surface area (Å²) in [4.78, 5) is 28.9. The van der Waals surface area contributed by atoms with E-state index in [2.05, 4.69) is 5.32 Å². The smallest absolute Gasteiger partial charge is 0.264 e. The van der Waals surface area contributed by atoms with Gasteiger partial charge in [0, 0.05) is 12.6 Å². The van der Waals surface area contributed by atoms with Crippen LogP contribution >= 0.6 is 0 Å². The fourth-order valence-corrected chi connectivity index (χ4v) is 6.56. The number of hydrogen-bond donors (Lipinski definition) is 1. The lowest BCUT2D eigenvalue weighted by atomic mass is 9.95. The molecule has 0 bridgehead atoms. The van der Waals surface area contributed by atoms with Crippen LogP contribution in [0, 0.1) is 5.82 Å². The standard InChI is InChI=1S/C32H38FN3O5S/c1-3-41-30-17-11-10-16-29(30)36(42(39,40)28-14-8-5-9-15-28)23-31(37)35(22-25-18-20-26(33)21-19-25)24(2)32(38)34-27-12-6-4-7-13-27/h5,8-11,14-21,24,27H,3-4,6-7,12-13,22-23H2,1-2H3,(H,34,38). The minimum atomic E-state index is -4.21. The average molecular weight is 596 g/mol. The molecule has 0 radical (unpaired) electrons. The van der Waals surface area contributed by atoms with Gasteiger partial charge >= 0.3 is 0 Å². The molecule has 10 heteroatoms. The Hall–Kier alpha value is -3.92. The van der Waals surface area contributed by atoms with E-state index < -0.39 is 34.3 Å². The number of anilines is 1. The van der Waals surface area contributed by atoms with Crippen molar-refractivity contribution in [2.24, 2.45) is 0 Å². The number of nitrogens with one attached hydrogen (secondary N) is 1. The predicted molar refractivity (Wildman–Crippen MR) is 160 cm³/mol. The molecule has 1 aliphatic carbocycles. The lowest BCUT2D eigenvalue weighted by Crippen LogP contribution is -2.53. The van der Waals surface area contributed by atoms with E-state index in [4.69, 9.17) is 4.74 Å². The van der Waals surface area contributed by atoms with E-state index in [1.165, 1.54) is 29.2 Å². The van der Waals surface area contributed by atoms with Crippen molar-refractivity contribution >= 4 is 27.5 Å². The molecule has 0 spiro atoms. The lowest BCUT2D eigenvalue weighted by Gasteiger charge is -2.33. The van der Waals surface area contributed by atoms with E-state index in [0.717, 1.165) is 36.4 Å². The zero-order chi connectivity index (χ0) is 30.1. The maximum Gasteiger partial charge on any atom is 0.264 e. The summed E-state index contributed by atoms with van der Waals surface area (Å²) < 4.78 is 48.4. The molecule has 0 aliphatic heterocycles. The molecule has 3 aromatic carbocycles. The molecule has 1 unspecified atom stereocenters. The van der Waals surface area contributed by atoms with Gasteiger partial charge < -0.3 is 15.0 Å². The molecule has 42 heavy (non-hydrogen) atoms. The molecule has 1 saturated carbocycles. The summed E-state index contributed by atoms with van der Waals surface area (Å²) >= 11 is 0. The van der Waals surface area contributed by atoms with Gasteiger partial charge in [0.05, 0.1) is 17.2 Å². The van der Waals surface area contributed by atoms with E-state index in [9.17, 15) is 22.4 Å². The highest BCUT2D eigenvalue weighted by atomic mass is 32.2. The summed E-state index contributed by atoms with van der Waals surface area (Å²) in [6, 6.07) is 19.3. The predicted octanol–water partition coefficient (Wildman–Crippen LogP) is 5.29. The Morgan fingerprint density at radius 3 is 2.26 bits per heavy atom. The Morgan fingerprint density at radius 1 is 0.952 bits per heavy atom. The number of nitrogens with zero attached hydrogens (tertiary/aromatic N) is 2. The summed E-state index contributed by atoms with van der Waals surface area (Å²) in [6.45, 7) is 3.12. The molecular formula is C32H38FN3O5S. The fraction of sp³-hybridized carbons (Fsp3) is 0.375. The van der Waals surface area contributed by atoms with Crippen LogP contribution in [-0.2, 0) is 26.2 Å². The average Bonchev–Trinajstić information content (AvgIpc) is 3.00. The van der Waals surface area contributed by atoms with Gasteiger partial charge in [-0.15, -0.1) is 0 Å². The van der Waals surface area contributed by atoms with E-state index in [1.807, 2.05) is 0 Å². The van der Waals surface area contributed by atoms with E-state index in [0.29, 0.717) is 17.9 Å². The number of para-hydroxylation sites is 2. The van der Waals surface area contributed by atoms with Crippen LogP contribution in [0.3, 0.4) is 0 Å². The highest BCUT2D eigenvalue weighted by molar-refractivity contribution is 7.92. The Labute approximate surface area is 247 Å². The normalized spacial score (nSPS) is 14.5. The van der Waals surface area contributed by atoms with Gasteiger partial charge in [-0.2, -0.15) is 0 Å². The monoisotopic (exact) mass is 595 g/mol. The van der Waals surface area contributed by atoms with Gasteiger partial charge in [0.2, 0.25) is 11.8 Å². The molecule has 1 fully saturated rings. The number of rotatable bonds is 12. The van der Waals surface area contributed by atoms with Gasteiger partial charge in [-0.05, 0) is 68.7 Å². The second kappa shape index (κ2) is 14.3. The van der Waals surface area contributed by atoms with Crippen LogP contribution in [0.4, 0.5) is 10.1 Å². The first-order chi connectivity index (χ1) is 20.2. The molecule has 1 aliphatic rings. The molecule has 8 nitrogen and oxygen atoms in total. The van der Waals surface area contributed by atoms with Crippen molar-refractivity contribution in [3.63, 3.8) is 0 Å². The number of halogens is 1. The number of carbonyl (C=O) groups excluding carboxylic acids is 2. The number of benzene rings is 3. The van der Waals surface area contributed by atoms with E-state index >= 15 is 0 Å². The van der Waals surface area contributed by atoms with Crippen LogP contribution in [0.25, 0.3) is 0 Å². The first kappa shape index (κ1) is 31.0. The van der Waals surface area contributed by atoms with Crippen LogP contribution < -0.4 is 14.4 Å². The topological polar surface area (TPSA) is 96.0 Å². The SMILES string of the molecule is CCOc1ccccc1N(CC(=O)N(Cc1ccc(F)cc1)C(C)C(=O)NC1CCCCC1)S(=O)(=O)c1ccccc1. The number of hydrogen-bond acceptors (Lipinski definition) is 5. The molecule has 0 saturated heterocycles. The zero-order valence-electron chi connectivity index (χ0n) is 24.0. The minimum Gasteiger partial charge on any atom is -0.492 e. The molecule has 0 aromatic heterocycles. The highest BCUT2D eigenvalue weighted by Gasteiger charge is 2.34. The maximum atomic E-state index is 14.1. The Balaban J connectivity index is 1.70. The Morgan fingerprint density at radius 2 is 1.60 bits per heavy atom. The van der Waals surface area contributed by atoms with Gasteiger partial charge in [-0.3, -0.25) is 13.9 Å². The van der Waals surface area contributed by atoms with Crippen molar-refractivity contribution in [2.75, 3.05) is 17.5 Å². The Bertz CT molecular complexity index is 1440. The lowest BCUT2D eigenvalue weighted by molar-refractivity contribution is -0.139. The van der Waals surface area contributed by atoms with Crippen LogP contribution in [0.1, 0.15) is 51.5 Å². The third kappa shape index (κ3) is 7.67. The summed E-state index contributed by atoms with van der Waals surface area (Å²) in [7, 11) is -4.21. The first-order valence-electron chi connectivity index (χ1n) is 14.3. The number of carbonyl (C=O) groups is 2. The van der Waals surface area contributed by atoms with Crippen LogP contribution in [0.2, 0.25) is 0 Å². The van der Waals surface area contributed by atoms with E-state index in [-0.39, 0.29) is 29.1 Å². The quantitative estimate of drug-likeness (QED) is 0.307. The molecule has 2 amide bonds. The van der Waals surface area contributed by atoms with Crippen molar-refractivity contribution in [3.8, 4) is 5.75 Å². The van der Waals surface area contributed by atoms with Crippen molar-refractivity contribution in [3.05, 3.63) is 90.2 Å². The number of ether oxygens (including phenoxy) is 1. The first-order valence-corrected chi connectivity index (χ1v) is 15.8. The third-order valence-electron chi connectivity index (χ3n) is 7.43. The third-order valence-corrected chi connectivity index (χ3v) is 9.20. The van der Waals surface area contributed by atoms with Crippen molar-refractivity contribution < 1.29 is 27.1 Å². The van der Waals surface area contributed by atoms with Crippen LogP contribution in [0.15, 0.2) is 83.8 Å². The fourth-order valence-electron chi connectivity index (χ4n) is 5.11. The summed E-state index contributed by atoms with van der Waals surface area (Å²) in [5, 5.41) is 3.07. The molecule has 4 rings (SSSR count). The Kier molecular flexibility index (Phi) is 10.6. The number of amides is 2.